The fourth-order valence-electron chi connectivity index (χ4n) is 2.24. The van der Waals surface area contributed by atoms with Gasteiger partial charge in [-0.25, -0.2) is 0 Å². The van der Waals surface area contributed by atoms with Gasteiger partial charge in [0.1, 0.15) is 5.75 Å². The SMILES string of the molecule is C=CCn1c(SCC(N)=O)nnc1C(C)Oc1cccc(C)c1C. The van der Waals surface area contributed by atoms with E-state index in [0.717, 1.165) is 11.3 Å². The quantitative estimate of drug-likeness (QED) is 0.587. The van der Waals surface area contributed by atoms with Crippen molar-refractivity contribution in [2.24, 2.45) is 5.73 Å². The van der Waals surface area contributed by atoms with Gasteiger partial charge in [-0.1, -0.05) is 30.0 Å². The number of carbonyl (C=O) groups is 1. The number of nitrogens with zero attached hydrogens (tertiary/aromatic N) is 3. The Balaban J connectivity index is 2.24. The zero-order chi connectivity index (χ0) is 17.7. The summed E-state index contributed by atoms with van der Waals surface area (Å²) in [6.45, 7) is 10.3. The number of nitrogens with two attached hydrogens (primary N) is 1. The second-order valence-electron chi connectivity index (χ2n) is 5.45. The van der Waals surface area contributed by atoms with Crippen LogP contribution in [0, 0.1) is 13.8 Å². The molecule has 0 radical (unpaired) electrons. The van der Waals surface area contributed by atoms with Gasteiger partial charge < -0.3 is 10.5 Å². The topological polar surface area (TPSA) is 83.0 Å². The number of carbonyl (C=O) groups excluding carboxylic acids is 1. The molecule has 2 rings (SSSR count). The Labute approximate surface area is 146 Å². The second-order valence-corrected chi connectivity index (χ2v) is 6.40. The molecule has 1 atom stereocenters. The lowest BCUT2D eigenvalue weighted by atomic mass is 10.1. The maximum atomic E-state index is 11.0. The Morgan fingerprint density at radius 1 is 1.46 bits per heavy atom. The van der Waals surface area contributed by atoms with Gasteiger partial charge in [0.15, 0.2) is 17.1 Å². The normalized spacial score (nSPS) is 12.0. The molecule has 24 heavy (non-hydrogen) atoms. The molecule has 7 heteroatoms. The van der Waals surface area contributed by atoms with Gasteiger partial charge >= 0.3 is 0 Å². The predicted molar refractivity (Wildman–Crippen MR) is 95.1 cm³/mol. The third-order valence-corrected chi connectivity index (χ3v) is 4.61. The number of allylic oxidation sites excluding steroid dienone is 1. The number of aromatic nitrogens is 3. The van der Waals surface area contributed by atoms with Crippen molar-refractivity contribution >= 4 is 17.7 Å². The van der Waals surface area contributed by atoms with E-state index in [1.807, 2.05) is 43.5 Å². The molecule has 1 unspecified atom stereocenters. The molecule has 0 bridgehead atoms. The van der Waals surface area contributed by atoms with Gasteiger partial charge in [-0.15, -0.1) is 16.8 Å². The van der Waals surface area contributed by atoms with Crippen LogP contribution in [0.1, 0.15) is 30.0 Å². The monoisotopic (exact) mass is 346 g/mol. The summed E-state index contributed by atoms with van der Waals surface area (Å²) in [6, 6.07) is 5.95. The molecule has 0 saturated heterocycles. The molecular formula is C17H22N4O2S. The Morgan fingerprint density at radius 3 is 2.88 bits per heavy atom. The van der Waals surface area contributed by atoms with Gasteiger partial charge in [-0.2, -0.15) is 0 Å². The van der Waals surface area contributed by atoms with E-state index in [2.05, 4.69) is 16.8 Å². The maximum Gasteiger partial charge on any atom is 0.227 e. The average Bonchev–Trinajstić information content (AvgIpc) is 2.93. The van der Waals surface area contributed by atoms with E-state index in [1.54, 1.807) is 6.08 Å². The summed E-state index contributed by atoms with van der Waals surface area (Å²) >= 11 is 1.26. The van der Waals surface area contributed by atoms with E-state index in [-0.39, 0.29) is 11.9 Å². The van der Waals surface area contributed by atoms with Gasteiger partial charge in [-0.05, 0) is 38.0 Å². The molecule has 0 aliphatic carbocycles. The van der Waals surface area contributed by atoms with Gasteiger partial charge in [0.25, 0.3) is 0 Å². The lowest BCUT2D eigenvalue weighted by Gasteiger charge is -2.17. The summed E-state index contributed by atoms with van der Waals surface area (Å²) in [5.74, 6) is 1.26. The first-order valence-electron chi connectivity index (χ1n) is 7.62. The highest BCUT2D eigenvalue weighted by atomic mass is 32.2. The molecule has 0 aliphatic heterocycles. The highest BCUT2D eigenvalue weighted by Crippen LogP contribution is 2.27. The Morgan fingerprint density at radius 2 is 2.21 bits per heavy atom. The zero-order valence-electron chi connectivity index (χ0n) is 14.2. The first kappa shape index (κ1) is 18.1. The fraction of sp³-hybridized carbons (Fsp3) is 0.353. The number of hydrogen-bond acceptors (Lipinski definition) is 5. The molecule has 1 heterocycles. The van der Waals surface area contributed by atoms with E-state index in [0.29, 0.717) is 17.5 Å². The van der Waals surface area contributed by atoms with Crippen LogP contribution >= 0.6 is 11.8 Å². The molecule has 1 amide bonds. The van der Waals surface area contributed by atoms with Crippen molar-refractivity contribution in [2.45, 2.75) is 38.6 Å². The average molecular weight is 346 g/mol. The molecule has 1 aromatic heterocycles. The third kappa shape index (κ3) is 4.17. The lowest BCUT2D eigenvalue weighted by molar-refractivity contribution is -0.115. The van der Waals surface area contributed by atoms with E-state index in [4.69, 9.17) is 10.5 Å². The van der Waals surface area contributed by atoms with E-state index >= 15 is 0 Å². The lowest BCUT2D eigenvalue weighted by Crippen LogP contribution is -2.15. The number of rotatable bonds is 8. The summed E-state index contributed by atoms with van der Waals surface area (Å²) in [7, 11) is 0. The van der Waals surface area contributed by atoms with Crippen LogP contribution in [0.4, 0.5) is 0 Å². The summed E-state index contributed by atoms with van der Waals surface area (Å²) < 4.78 is 7.96. The first-order chi connectivity index (χ1) is 11.4. The van der Waals surface area contributed by atoms with Gasteiger partial charge in [-0.3, -0.25) is 9.36 Å². The number of aryl methyl sites for hydroxylation is 1. The van der Waals surface area contributed by atoms with Crippen LogP contribution in [0.25, 0.3) is 0 Å². The van der Waals surface area contributed by atoms with Crippen molar-refractivity contribution in [1.29, 1.82) is 0 Å². The molecule has 0 spiro atoms. The Hall–Kier alpha value is -2.28. The van der Waals surface area contributed by atoms with Crippen molar-refractivity contribution in [3.8, 4) is 5.75 Å². The fourth-order valence-corrected chi connectivity index (χ4v) is 2.93. The number of amides is 1. The maximum absolute atomic E-state index is 11.0. The van der Waals surface area contributed by atoms with Gasteiger partial charge in [0, 0.05) is 6.54 Å². The highest BCUT2D eigenvalue weighted by molar-refractivity contribution is 7.99. The Kier molecular flexibility index (Phi) is 6.03. The van der Waals surface area contributed by atoms with Crippen LogP contribution in [0.3, 0.4) is 0 Å². The van der Waals surface area contributed by atoms with Gasteiger partial charge in [0.2, 0.25) is 5.91 Å². The largest absolute Gasteiger partial charge is 0.482 e. The van der Waals surface area contributed by atoms with Crippen molar-refractivity contribution in [3.05, 3.63) is 47.8 Å². The van der Waals surface area contributed by atoms with Crippen molar-refractivity contribution in [3.63, 3.8) is 0 Å². The highest BCUT2D eigenvalue weighted by Gasteiger charge is 2.20. The summed E-state index contributed by atoms with van der Waals surface area (Å²) in [5.41, 5.74) is 7.47. The number of benzene rings is 1. The van der Waals surface area contributed by atoms with Crippen molar-refractivity contribution < 1.29 is 9.53 Å². The molecule has 0 fully saturated rings. The minimum Gasteiger partial charge on any atom is -0.482 e. The minimum atomic E-state index is -0.394. The van der Waals surface area contributed by atoms with Crippen LogP contribution in [0.2, 0.25) is 0 Å². The molecule has 2 aromatic rings. The van der Waals surface area contributed by atoms with E-state index in [9.17, 15) is 4.79 Å². The van der Waals surface area contributed by atoms with Crippen molar-refractivity contribution in [2.75, 3.05) is 5.75 Å². The van der Waals surface area contributed by atoms with Crippen LogP contribution in [0.5, 0.6) is 5.75 Å². The number of thioether (sulfide) groups is 1. The molecule has 6 nitrogen and oxygen atoms in total. The number of hydrogen-bond donors (Lipinski definition) is 1. The molecule has 0 saturated carbocycles. The first-order valence-corrected chi connectivity index (χ1v) is 8.60. The summed E-state index contributed by atoms with van der Waals surface area (Å²) in [5, 5.41) is 9.00. The number of primary amides is 1. The third-order valence-electron chi connectivity index (χ3n) is 3.62. The smallest absolute Gasteiger partial charge is 0.227 e. The van der Waals surface area contributed by atoms with E-state index in [1.165, 1.54) is 17.3 Å². The van der Waals surface area contributed by atoms with Crippen LogP contribution in [0.15, 0.2) is 36.0 Å². The molecule has 0 aliphatic rings. The van der Waals surface area contributed by atoms with E-state index < -0.39 is 5.91 Å². The molecule has 2 N–H and O–H groups in total. The zero-order valence-corrected chi connectivity index (χ0v) is 15.0. The second kappa shape index (κ2) is 8.01. The van der Waals surface area contributed by atoms with Gasteiger partial charge in [0.05, 0.1) is 5.75 Å². The van der Waals surface area contributed by atoms with Crippen LogP contribution in [-0.2, 0) is 11.3 Å². The standard InChI is InChI=1S/C17H22N4O2S/c1-5-9-21-16(19-20-17(21)24-10-15(18)22)13(4)23-14-8-6-7-11(2)12(14)3/h5-8,13H,1,9-10H2,2-4H3,(H2,18,22). The minimum absolute atomic E-state index is 0.154. The molecular weight excluding hydrogens is 324 g/mol. The summed E-state index contributed by atoms with van der Waals surface area (Å²) in [4.78, 5) is 11.0. The molecule has 1 aromatic carbocycles. The van der Waals surface area contributed by atoms with Crippen LogP contribution < -0.4 is 10.5 Å². The van der Waals surface area contributed by atoms with Crippen LogP contribution in [-0.4, -0.2) is 26.4 Å². The van der Waals surface area contributed by atoms with Crippen molar-refractivity contribution in [1.82, 2.24) is 14.8 Å². The number of ether oxygens (including phenoxy) is 1. The summed E-state index contributed by atoms with van der Waals surface area (Å²) in [6.07, 6.45) is 1.46. The predicted octanol–water partition coefficient (Wildman–Crippen LogP) is 2.80. The Bertz CT molecular complexity index is 742. The molecule has 128 valence electrons.